The van der Waals surface area contributed by atoms with Gasteiger partial charge in [-0.3, -0.25) is 4.79 Å². The molecule has 1 heterocycles. The van der Waals surface area contributed by atoms with Crippen molar-refractivity contribution in [2.24, 2.45) is 0 Å². The molecule has 0 spiro atoms. The van der Waals surface area contributed by atoms with Gasteiger partial charge in [0.1, 0.15) is 6.61 Å². The highest BCUT2D eigenvalue weighted by Crippen LogP contribution is 2.21. The van der Waals surface area contributed by atoms with Crippen LogP contribution in [0.3, 0.4) is 0 Å². The van der Waals surface area contributed by atoms with E-state index in [1.165, 1.54) is 6.07 Å². The third-order valence-electron chi connectivity index (χ3n) is 3.68. The fourth-order valence-corrected chi connectivity index (χ4v) is 2.64. The molecule has 0 saturated heterocycles. The van der Waals surface area contributed by atoms with E-state index in [2.05, 4.69) is 5.10 Å². The molecule has 0 bridgehead atoms. The predicted octanol–water partition coefficient (Wildman–Crippen LogP) is 3.64. The molecular weight excluding hydrogens is 368 g/mol. The first-order valence-corrected chi connectivity index (χ1v) is 8.71. The summed E-state index contributed by atoms with van der Waals surface area (Å²) >= 11 is 6.16. The highest BCUT2D eigenvalue weighted by Gasteiger charge is 2.20. The van der Waals surface area contributed by atoms with Crippen LogP contribution in [-0.2, 0) is 11.3 Å². The molecule has 27 heavy (non-hydrogen) atoms. The van der Waals surface area contributed by atoms with Gasteiger partial charge in [0.25, 0.3) is 5.56 Å². The van der Waals surface area contributed by atoms with E-state index in [0.29, 0.717) is 10.7 Å². The summed E-state index contributed by atoms with van der Waals surface area (Å²) in [5.41, 5.74) is 0.693. The third-order valence-corrected chi connectivity index (χ3v) is 4.00. The van der Waals surface area contributed by atoms with Crippen LogP contribution in [0.25, 0.3) is 5.69 Å². The normalized spacial score (nSPS) is 10.4. The summed E-state index contributed by atoms with van der Waals surface area (Å²) in [7, 11) is 0. The zero-order valence-corrected chi connectivity index (χ0v) is 15.3. The molecule has 0 fully saturated rings. The Labute approximate surface area is 160 Å². The van der Waals surface area contributed by atoms with Crippen LogP contribution in [-0.4, -0.2) is 22.4 Å². The second-order valence-corrected chi connectivity index (χ2v) is 5.96. The molecule has 3 rings (SSSR count). The lowest BCUT2D eigenvalue weighted by Gasteiger charge is -2.13. The SMILES string of the molecule is CCOC(=O)c1nn(-c2ccccc2Cl)c(=O)cc1OCc1ccccc1. The predicted molar refractivity (Wildman–Crippen MR) is 102 cm³/mol. The lowest BCUT2D eigenvalue weighted by atomic mass is 10.2. The van der Waals surface area contributed by atoms with Crippen molar-refractivity contribution in [2.75, 3.05) is 6.61 Å². The van der Waals surface area contributed by atoms with E-state index in [1.54, 1.807) is 31.2 Å². The summed E-state index contributed by atoms with van der Waals surface area (Å²) < 4.78 is 11.8. The van der Waals surface area contributed by atoms with Gasteiger partial charge in [-0.25, -0.2) is 4.79 Å². The van der Waals surface area contributed by atoms with Gasteiger partial charge in [-0.15, -0.1) is 0 Å². The number of carbonyl (C=O) groups is 1. The summed E-state index contributed by atoms with van der Waals surface area (Å²) in [5, 5.41) is 4.49. The van der Waals surface area contributed by atoms with E-state index in [0.717, 1.165) is 10.2 Å². The molecule has 0 N–H and O–H groups in total. The van der Waals surface area contributed by atoms with Gasteiger partial charge >= 0.3 is 5.97 Å². The number of ether oxygens (including phenoxy) is 2. The fraction of sp³-hybridized carbons (Fsp3) is 0.150. The number of para-hydroxylation sites is 1. The molecule has 0 aliphatic heterocycles. The largest absolute Gasteiger partial charge is 0.486 e. The molecule has 0 atom stereocenters. The number of esters is 1. The van der Waals surface area contributed by atoms with Crippen molar-refractivity contribution in [3.63, 3.8) is 0 Å². The van der Waals surface area contributed by atoms with E-state index in [4.69, 9.17) is 21.1 Å². The van der Waals surface area contributed by atoms with Crippen LogP contribution in [0.15, 0.2) is 65.5 Å². The average molecular weight is 385 g/mol. The van der Waals surface area contributed by atoms with Gasteiger partial charge in [0, 0.05) is 0 Å². The van der Waals surface area contributed by atoms with Gasteiger partial charge < -0.3 is 9.47 Å². The topological polar surface area (TPSA) is 70.4 Å². The highest BCUT2D eigenvalue weighted by atomic mass is 35.5. The number of hydrogen-bond acceptors (Lipinski definition) is 5. The second-order valence-electron chi connectivity index (χ2n) is 5.55. The van der Waals surface area contributed by atoms with Crippen LogP contribution >= 0.6 is 11.6 Å². The molecule has 0 amide bonds. The van der Waals surface area contributed by atoms with Gasteiger partial charge in [-0.2, -0.15) is 9.78 Å². The number of hydrogen-bond donors (Lipinski definition) is 0. The van der Waals surface area contributed by atoms with E-state index in [-0.39, 0.29) is 24.7 Å². The van der Waals surface area contributed by atoms with Gasteiger partial charge in [-0.05, 0) is 24.6 Å². The van der Waals surface area contributed by atoms with E-state index in [9.17, 15) is 9.59 Å². The first-order chi connectivity index (χ1) is 13.1. The Bertz CT molecular complexity index is 1000. The monoisotopic (exact) mass is 384 g/mol. The summed E-state index contributed by atoms with van der Waals surface area (Å²) in [5.74, 6) is -0.619. The Morgan fingerprint density at radius 1 is 1.11 bits per heavy atom. The van der Waals surface area contributed by atoms with Gasteiger partial charge in [-0.1, -0.05) is 54.1 Å². The van der Waals surface area contributed by atoms with Crippen LogP contribution in [0, 0.1) is 0 Å². The van der Waals surface area contributed by atoms with Gasteiger partial charge in [0.2, 0.25) is 5.69 Å². The van der Waals surface area contributed by atoms with Crippen molar-refractivity contribution in [3.8, 4) is 11.4 Å². The molecule has 0 radical (unpaired) electrons. The number of aromatic nitrogens is 2. The molecule has 2 aromatic carbocycles. The maximum Gasteiger partial charge on any atom is 0.362 e. The van der Waals surface area contributed by atoms with Crippen LogP contribution in [0.2, 0.25) is 5.02 Å². The van der Waals surface area contributed by atoms with E-state index in [1.807, 2.05) is 30.3 Å². The highest BCUT2D eigenvalue weighted by molar-refractivity contribution is 6.32. The molecule has 1 aromatic heterocycles. The molecule has 6 nitrogen and oxygen atoms in total. The summed E-state index contributed by atoms with van der Waals surface area (Å²) in [6.07, 6.45) is 0. The molecule has 0 unspecified atom stereocenters. The van der Waals surface area contributed by atoms with Crippen molar-refractivity contribution in [3.05, 3.63) is 87.3 Å². The van der Waals surface area contributed by atoms with Crippen LogP contribution < -0.4 is 10.3 Å². The fourth-order valence-electron chi connectivity index (χ4n) is 2.42. The molecule has 0 aliphatic rings. The van der Waals surface area contributed by atoms with Crippen molar-refractivity contribution < 1.29 is 14.3 Å². The molecule has 138 valence electrons. The average Bonchev–Trinajstić information content (AvgIpc) is 2.68. The maximum absolute atomic E-state index is 12.5. The van der Waals surface area contributed by atoms with Crippen LogP contribution in [0.4, 0.5) is 0 Å². The molecule has 3 aromatic rings. The molecule has 7 heteroatoms. The summed E-state index contributed by atoms with van der Waals surface area (Å²) in [6, 6.07) is 17.3. The molecule has 0 aliphatic carbocycles. The number of nitrogens with zero attached hydrogens (tertiary/aromatic N) is 2. The zero-order chi connectivity index (χ0) is 19.2. The lowest BCUT2D eigenvalue weighted by molar-refractivity contribution is 0.0511. The minimum absolute atomic E-state index is 0.0607. The summed E-state index contributed by atoms with van der Waals surface area (Å²) in [4.78, 5) is 24.9. The zero-order valence-electron chi connectivity index (χ0n) is 14.6. The van der Waals surface area contributed by atoms with Crippen molar-refractivity contribution in [1.82, 2.24) is 9.78 Å². The Kier molecular flexibility index (Phi) is 5.88. The van der Waals surface area contributed by atoms with Gasteiger partial charge in [0.05, 0.1) is 23.4 Å². The Hall–Kier alpha value is -3.12. The maximum atomic E-state index is 12.5. The molecule has 0 saturated carbocycles. The van der Waals surface area contributed by atoms with E-state index >= 15 is 0 Å². The third kappa shape index (κ3) is 4.35. The van der Waals surface area contributed by atoms with Gasteiger partial charge in [0.15, 0.2) is 5.75 Å². The van der Waals surface area contributed by atoms with Crippen LogP contribution in [0.5, 0.6) is 5.75 Å². The second kappa shape index (κ2) is 8.51. The Morgan fingerprint density at radius 2 is 1.81 bits per heavy atom. The number of halogens is 1. The van der Waals surface area contributed by atoms with Crippen molar-refractivity contribution >= 4 is 17.6 Å². The summed E-state index contributed by atoms with van der Waals surface area (Å²) in [6.45, 7) is 2.04. The standard InChI is InChI=1S/C20H17ClN2O4/c1-2-26-20(25)19-17(27-13-14-8-4-3-5-9-14)12-18(24)23(22-19)16-11-7-6-10-15(16)21/h3-12H,2,13H2,1H3. The smallest absolute Gasteiger partial charge is 0.362 e. The number of rotatable bonds is 6. The van der Waals surface area contributed by atoms with E-state index < -0.39 is 11.5 Å². The number of benzene rings is 2. The Morgan fingerprint density at radius 3 is 2.52 bits per heavy atom. The molecular formula is C20H17ClN2O4. The minimum Gasteiger partial charge on any atom is -0.486 e. The first kappa shape index (κ1) is 18.7. The van der Waals surface area contributed by atoms with Crippen molar-refractivity contribution in [1.29, 1.82) is 0 Å². The first-order valence-electron chi connectivity index (χ1n) is 8.33. The van der Waals surface area contributed by atoms with Crippen LogP contribution in [0.1, 0.15) is 23.0 Å². The minimum atomic E-state index is -0.679. The Balaban J connectivity index is 2.02. The van der Waals surface area contributed by atoms with Crippen molar-refractivity contribution in [2.45, 2.75) is 13.5 Å². The lowest BCUT2D eigenvalue weighted by Crippen LogP contribution is -2.25. The number of carbonyl (C=O) groups excluding carboxylic acids is 1. The quantitative estimate of drug-likeness (QED) is 0.607.